The van der Waals surface area contributed by atoms with Crippen LogP contribution in [0.5, 0.6) is 0 Å². The Morgan fingerprint density at radius 3 is 2.50 bits per heavy atom. The van der Waals surface area contributed by atoms with Gasteiger partial charge in [0.15, 0.2) is 12.1 Å². The Hall–Kier alpha value is -2.18. The fourth-order valence-electron chi connectivity index (χ4n) is 2.00. The van der Waals surface area contributed by atoms with Gasteiger partial charge in [0.2, 0.25) is 0 Å². The molecule has 0 radical (unpaired) electrons. The maximum atomic E-state index is 11.6. The maximum absolute atomic E-state index is 11.6. The van der Waals surface area contributed by atoms with Gasteiger partial charge in [0.1, 0.15) is 16.7 Å². The van der Waals surface area contributed by atoms with Crippen molar-refractivity contribution in [3.05, 3.63) is 45.0 Å². The van der Waals surface area contributed by atoms with Gasteiger partial charge in [-0.3, -0.25) is 9.59 Å². The van der Waals surface area contributed by atoms with Crippen molar-refractivity contribution in [2.45, 2.75) is 19.8 Å². The summed E-state index contributed by atoms with van der Waals surface area (Å²) in [6.07, 6.45) is 6.62. The molecule has 0 fully saturated rings. The number of ketones is 1. The summed E-state index contributed by atoms with van der Waals surface area (Å²) in [6.45, 7) is 2.14. The smallest absolute Gasteiger partial charge is 0.348 e. The number of ether oxygens (including phenoxy) is 1. The minimum atomic E-state index is -1.41. The summed E-state index contributed by atoms with van der Waals surface area (Å²) < 4.78 is 4.94. The summed E-state index contributed by atoms with van der Waals surface area (Å²) in [4.78, 5) is 42.5. The second-order valence-electron chi connectivity index (χ2n) is 4.61. The van der Waals surface area contributed by atoms with Crippen molar-refractivity contribution in [2.24, 2.45) is 0 Å². The van der Waals surface area contributed by atoms with Crippen LogP contribution >= 0.6 is 23.2 Å². The maximum Gasteiger partial charge on any atom is 0.348 e. The van der Waals surface area contributed by atoms with E-state index in [1.165, 1.54) is 0 Å². The molecule has 1 aliphatic heterocycles. The summed E-state index contributed by atoms with van der Waals surface area (Å²) in [7, 11) is 0. The van der Waals surface area contributed by atoms with E-state index in [1.54, 1.807) is 6.08 Å². The normalized spacial score (nSPS) is 17.5. The van der Waals surface area contributed by atoms with Crippen molar-refractivity contribution < 1.29 is 29.0 Å². The number of esters is 1. The highest BCUT2D eigenvalue weighted by molar-refractivity contribution is 6.51. The molecule has 0 aromatic rings. The molecule has 0 bridgehead atoms. The molecule has 1 N–H and O–H groups in total. The largest absolute Gasteiger partial charge is 0.477 e. The van der Waals surface area contributed by atoms with Crippen LogP contribution in [0.1, 0.15) is 19.8 Å². The molecule has 2 rings (SSSR count). The van der Waals surface area contributed by atoms with Crippen LogP contribution in [0.2, 0.25) is 0 Å². The van der Waals surface area contributed by atoms with Crippen LogP contribution in [0.4, 0.5) is 0 Å². The quantitative estimate of drug-likeness (QED) is 0.462. The van der Waals surface area contributed by atoms with Crippen LogP contribution in [0, 0.1) is 0 Å². The zero-order chi connectivity index (χ0) is 18.3. The summed E-state index contributed by atoms with van der Waals surface area (Å²) in [5, 5.41) is 6.89. The van der Waals surface area contributed by atoms with Gasteiger partial charge in [-0.05, 0) is 6.42 Å². The summed E-state index contributed by atoms with van der Waals surface area (Å²) in [5.41, 5.74) is 2.06. The molecule has 0 saturated heterocycles. The summed E-state index contributed by atoms with van der Waals surface area (Å²) >= 11 is 9.99. The highest BCUT2D eigenvalue weighted by Gasteiger charge is 2.28. The molecular formula is C16H14Cl2O6. The highest BCUT2D eigenvalue weighted by atomic mass is 35.5. The van der Waals surface area contributed by atoms with E-state index in [4.69, 9.17) is 33.0 Å². The fourth-order valence-corrected chi connectivity index (χ4v) is 2.12. The number of hydrogen-bond donors (Lipinski definition) is 1. The Labute approximate surface area is 148 Å². The first-order valence-electron chi connectivity index (χ1n) is 6.86. The molecule has 0 amide bonds. The van der Waals surface area contributed by atoms with E-state index in [0.717, 1.165) is 5.57 Å². The lowest BCUT2D eigenvalue weighted by Crippen LogP contribution is -2.08. The summed E-state index contributed by atoms with van der Waals surface area (Å²) in [5.74, 6) is -1.62. The van der Waals surface area contributed by atoms with Crippen LogP contribution in [0.25, 0.3) is 0 Å². The number of halogens is 2. The third kappa shape index (κ3) is 4.91. The number of aliphatic carboxylic acids is 1. The van der Waals surface area contributed by atoms with Gasteiger partial charge in [-0.2, -0.15) is 0 Å². The molecule has 0 aromatic carbocycles. The van der Waals surface area contributed by atoms with Crippen molar-refractivity contribution in [2.75, 3.05) is 6.61 Å². The van der Waals surface area contributed by atoms with Gasteiger partial charge in [0.25, 0.3) is 0 Å². The molecule has 2 aliphatic rings. The Kier molecular flexibility index (Phi) is 7.61. The Morgan fingerprint density at radius 1 is 1.38 bits per heavy atom. The Bertz CT molecular complexity index is 697. The molecule has 1 heterocycles. The number of allylic oxidation sites excluding steroid dienone is 4. The van der Waals surface area contributed by atoms with E-state index in [0.29, 0.717) is 24.0 Å². The summed E-state index contributed by atoms with van der Waals surface area (Å²) in [6, 6.07) is 0. The van der Waals surface area contributed by atoms with E-state index in [1.807, 2.05) is 19.1 Å². The first-order chi connectivity index (χ1) is 11.3. The standard InChI is InChI=1S/C12H12O3.C4H2Cl2O3/c1-2-8-10(7-15-12(8)14)9-5-3-4-6-11(9)13;5-2(1-7)3(6)4(8)9/h3-5H,2,6-7H2,1H3;1H,(H,8,9). The lowest BCUT2D eigenvalue weighted by atomic mass is 9.93. The fraction of sp³-hybridized carbons (Fsp3) is 0.250. The lowest BCUT2D eigenvalue weighted by Gasteiger charge is -2.08. The number of carboxylic acid groups (broad SMARTS) is 1. The first kappa shape index (κ1) is 19.9. The SMILES string of the molecule is CCC1=C(C2=CC=CCC2=O)COC1=O.O=CC(Cl)=C(Cl)C(=O)O. The Morgan fingerprint density at radius 2 is 2.04 bits per heavy atom. The molecule has 0 spiro atoms. The Balaban J connectivity index is 0.000000277. The van der Waals surface area contributed by atoms with E-state index < -0.39 is 16.0 Å². The van der Waals surface area contributed by atoms with Gasteiger partial charge < -0.3 is 9.84 Å². The number of carboxylic acids is 1. The minimum absolute atomic E-state index is 0.0664. The predicted molar refractivity (Wildman–Crippen MR) is 87.6 cm³/mol. The zero-order valence-corrected chi connectivity index (χ0v) is 14.2. The van der Waals surface area contributed by atoms with Crippen LogP contribution in [-0.2, 0) is 23.9 Å². The number of carbonyl (C=O) groups excluding carboxylic acids is 3. The van der Waals surface area contributed by atoms with Gasteiger partial charge >= 0.3 is 11.9 Å². The number of aldehydes is 1. The third-order valence-electron chi connectivity index (χ3n) is 3.14. The third-order valence-corrected chi connectivity index (χ3v) is 3.88. The van der Waals surface area contributed by atoms with E-state index in [9.17, 15) is 19.2 Å². The molecule has 0 aromatic heterocycles. The molecule has 0 saturated carbocycles. The van der Waals surface area contributed by atoms with Crippen molar-refractivity contribution in [1.82, 2.24) is 0 Å². The molecule has 0 unspecified atom stereocenters. The molecule has 1 aliphatic carbocycles. The molecule has 128 valence electrons. The predicted octanol–water partition coefficient (Wildman–Crippen LogP) is 2.66. The van der Waals surface area contributed by atoms with Crippen molar-refractivity contribution >= 4 is 47.2 Å². The van der Waals surface area contributed by atoms with Crippen LogP contribution in [-0.4, -0.2) is 35.7 Å². The zero-order valence-electron chi connectivity index (χ0n) is 12.7. The molecular weight excluding hydrogens is 359 g/mol. The number of carbonyl (C=O) groups is 4. The topological polar surface area (TPSA) is 97.7 Å². The van der Waals surface area contributed by atoms with Crippen LogP contribution in [0.15, 0.2) is 45.0 Å². The second kappa shape index (κ2) is 9.20. The van der Waals surface area contributed by atoms with Gasteiger partial charge in [-0.1, -0.05) is 48.4 Å². The molecule has 6 nitrogen and oxygen atoms in total. The minimum Gasteiger partial charge on any atom is -0.477 e. The molecule has 0 atom stereocenters. The second-order valence-corrected chi connectivity index (χ2v) is 5.39. The average molecular weight is 373 g/mol. The van der Waals surface area contributed by atoms with Gasteiger partial charge in [-0.15, -0.1) is 0 Å². The number of rotatable bonds is 4. The molecule has 24 heavy (non-hydrogen) atoms. The van der Waals surface area contributed by atoms with Gasteiger partial charge in [0.05, 0.1) is 0 Å². The van der Waals surface area contributed by atoms with E-state index >= 15 is 0 Å². The van der Waals surface area contributed by atoms with Crippen molar-refractivity contribution in [3.8, 4) is 0 Å². The van der Waals surface area contributed by atoms with E-state index in [-0.39, 0.29) is 24.6 Å². The first-order valence-corrected chi connectivity index (χ1v) is 7.62. The van der Waals surface area contributed by atoms with Crippen LogP contribution < -0.4 is 0 Å². The highest BCUT2D eigenvalue weighted by Crippen LogP contribution is 2.27. The van der Waals surface area contributed by atoms with Crippen molar-refractivity contribution in [1.29, 1.82) is 0 Å². The van der Waals surface area contributed by atoms with Crippen LogP contribution in [0.3, 0.4) is 0 Å². The average Bonchev–Trinajstić information content (AvgIpc) is 2.94. The van der Waals surface area contributed by atoms with Gasteiger partial charge in [0, 0.05) is 23.1 Å². The monoisotopic (exact) mass is 372 g/mol. The van der Waals surface area contributed by atoms with Crippen molar-refractivity contribution in [3.63, 3.8) is 0 Å². The lowest BCUT2D eigenvalue weighted by molar-refractivity contribution is -0.136. The number of cyclic esters (lactones) is 1. The number of Topliss-reactive ketones (excluding diaryl/α,β-unsaturated/α-hetero) is 1. The molecule has 8 heteroatoms. The number of hydrogen-bond acceptors (Lipinski definition) is 5. The van der Waals surface area contributed by atoms with Gasteiger partial charge in [-0.25, -0.2) is 9.59 Å². The van der Waals surface area contributed by atoms with E-state index in [2.05, 4.69) is 0 Å².